The van der Waals surface area contributed by atoms with Gasteiger partial charge in [-0.25, -0.2) is 0 Å². The largest absolute Gasteiger partial charge is 1.00 e. The van der Waals surface area contributed by atoms with Crippen molar-refractivity contribution in [3.63, 3.8) is 0 Å². The van der Waals surface area contributed by atoms with Crippen LogP contribution in [0.2, 0.25) is 0 Å². The maximum atomic E-state index is 10.8. The van der Waals surface area contributed by atoms with E-state index in [0.29, 0.717) is 0 Å². The molecule has 0 heterocycles. The van der Waals surface area contributed by atoms with Crippen LogP contribution in [0.3, 0.4) is 0 Å². The molecular formula is C10H25N2NaO12. The first kappa shape index (κ1) is 38.9. The SMILES string of the molecule is O.O.O.O.O=C(O)CNCC(CC(=O)O)(CC(=O)O)NCC(=O)O.[H-].[Na+]. The molecule has 0 atom stereocenters. The normalized spacial score (nSPS) is 8.80. The smallest absolute Gasteiger partial charge is 1.00 e. The Morgan fingerprint density at radius 2 is 1.08 bits per heavy atom. The van der Waals surface area contributed by atoms with Crippen LogP contribution in [0.15, 0.2) is 0 Å². The van der Waals surface area contributed by atoms with Gasteiger partial charge >= 0.3 is 53.4 Å². The first-order valence-corrected chi connectivity index (χ1v) is 5.50. The number of carboxylic acids is 4. The fraction of sp³-hybridized carbons (Fsp3) is 0.600. The first-order valence-electron chi connectivity index (χ1n) is 5.50. The van der Waals surface area contributed by atoms with Crippen molar-refractivity contribution in [1.82, 2.24) is 10.6 Å². The van der Waals surface area contributed by atoms with Crippen molar-refractivity contribution in [3.8, 4) is 0 Å². The monoisotopic (exact) mass is 388 g/mol. The zero-order chi connectivity index (χ0) is 15.8. The van der Waals surface area contributed by atoms with E-state index in [2.05, 4.69) is 10.6 Å². The average molecular weight is 388 g/mol. The molecule has 25 heavy (non-hydrogen) atoms. The van der Waals surface area contributed by atoms with Gasteiger partial charge in [0, 0.05) is 6.54 Å². The summed E-state index contributed by atoms with van der Waals surface area (Å²) in [6.45, 7) is -1.46. The summed E-state index contributed by atoms with van der Waals surface area (Å²) in [6.07, 6.45) is -1.33. The fourth-order valence-corrected chi connectivity index (χ4v) is 1.63. The molecule has 0 aliphatic carbocycles. The molecule has 15 heteroatoms. The molecule has 14 nitrogen and oxygen atoms in total. The van der Waals surface area contributed by atoms with Crippen LogP contribution in [0.5, 0.6) is 0 Å². The molecule has 0 aromatic heterocycles. The van der Waals surface area contributed by atoms with Crippen molar-refractivity contribution in [2.45, 2.75) is 18.4 Å². The van der Waals surface area contributed by atoms with Crippen molar-refractivity contribution in [1.29, 1.82) is 0 Å². The first-order chi connectivity index (χ1) is 9.17. The van der Waals surface area contributed by atoms with Crippen LogP contribution in [0.1, 0.15) is 14.3 Å². The second-order valence-electron chi connectivity index (χ2n) is 4.17. The van der Waals surface area contributed by atoms with Gasteiger partial charge in [-0.15, -0.1) is 0 Å². The summed E-state index contributed by atoms with van der Waals surface area (Å²) in [5, 5.41) is 39.4. The van der Waals surface area contributed by atoms with Crippen molar-refractivity contribution >= 4 is 23.9 Å². The second-order valence-corrected chi connectivity index (χ2v) is 4.17. The van der Waals surface area contributed by atoms with Gasteiger partial charge in [0.25, 0.3) is 0 Å². The Hall–Kier alpha value is -1.36. The number of carbonyl (C=O) groups is 4. The van der Waals surface area contributed by atoms with Crippen LogP contribution >= 0.6 is 0 Å². The molecule has 0 bridgehead atoms. The van der Waals surface area contributed by atoms with E-state index < -0.39 is 55.3 Å². The summed E-state index contributed by atoms with van der Waals surface area (Å²) in [5.74, 6) is -5.16. The van der Waals surface area contributed by atoms with Crippen LogP contribution in [0.25, 0.3) is 0 Å². The average Bonchev–Trinajstić information content (AvgIpc) is 2.24. The Morgan fingerprint density at radius 1 is 0.720 bits per heavy atom. The number of nitrogens with one attached hydrogen (secondary N) is 2. The third kappa shape index (κ3) is 20.6. The Labute approximate surface area is 165 Å². The second kappa shape index (κ2) is 19.0. The maximum Gasteiger partial charge on any atom is 1.00 e. The van der Waals surface area contributed by atoms with Crippen molar-refractivity contribution < 1.29 is 92.5 Å². The minimum Gasteiger partial charge on any atom is -1.00 e. The maximum absolute atomic E-state index is 10.8. The molecule has 0 aliphatic heterocycles. The van der Waals surface area contributed by atoms with E-state index in [-0.39, 0.29) is 59.4 Å². The summed E-state index contributed by atoms with van der Waals surface area (Å²) >= 11 is 0. The quantitative estimate of drug-likeness (QED) is 0.181. The van der Waals surface area contributed by atoms with Crippen molar-refractivity contribution in [2.75, 3.05) is 19.6 Å². The van der Waals surface area contributed by atoms with Crippen LogP contribution in [0.4, 0.5) is 0 Å². The van der Waals surface area contributed by atoms with E-state index in [0.717, 1.165) is 0 Å². The number of hydrogen-bond acceptors (Lipinski definition) is 6. The molecule has 0 aliphatic rings. The van der Waals surface area contributed by atoms with Crippen molar-refractivity contribution in [3.05, 3.63) is 0 Å². The Balaban J connectivity index is -0.000000120. The third-order valence-electron chi connectivity index (χ3n) is 2.33. The van der Waals surface area contributed by atoms with Crippen LogP contribution in [-0.4, -0.2) is 91.4 Å². The van der Waals surface area contributed by atoms with Crippen molar-refractivity contribution in [2.24, 2.45) is 0 Å². The van der Waals surface area contributed by atoms with E-state index >= 15 is 0 Å². The van der Waals surface area contributed by atoms with E-state index in [9.17, 15) is 19.2 Å². The van der Waals surface area contributed by atoms with Crippen LogP contribution in [0, 0.1) is 0 Å². The molecule has 148 valence electrons. The summed E-state index contributed by atoms with van der Waals surface area (Å²) in [7, 11) is 0. The molecule has 0 rings (SSSR count). The summed E-state index contributed by atoms with van der Waals surface area (Å²) in [6, 6.07) is 0. The molecule has 0 aromatic carbocycles. The molecule has 0 saturated carbocycles. The van der Waals surface area contributed by atoms with Gasteiger partial charge in [0.15, 0.2) is 0 Å². The zero-order valence-corrected chi connectivity index (χ0v) is 15.5. The summed E-state index contributed by atoms with van der Waals surface area (Å²) in [4.78, 5) is 42.5. The van der Waals surface area contributed by atoms with E-state index in [1.54, 1.807) is 0 Å². The standard InChI is InChI=1S/C10H16N2O8.Na.4H2O.H/c13-6(14)1-10(2-7(15)16,12-4-9(19)20)5-11-3-8(17)18;;;;;;/h11-12H,1-5H2,(H,13,14)(H,15,16)(H,17,18)(H,19,20);;4*1H2;/q;+1;;;;;-1. The van der Waals surface area contributed by atoms with Gasteiger partial charge in [-0.1, -0.05) is 0 Å². The van der Waals surface area contributed by atoms with Gasteiger partial charge in [-0.3, -0.25) is 24.5 Å². The number of aliphatic carboxylic acids is 4. The number of hydrogen-bond donors (Lipinski definition) is 6. The minimum atomic E-state index is -1.59. The molecule has 14 N–H and O–H groups in total. The van der Waals surface area contributed by atoms with Gasteiger partial charge < -0.3 is 49.1 Å². The Kier molecular flexibility index (Phi) is 29.6. The van der Waals surface area contributed by atoms with Gasteiger partial charge in [-0.05, 0) is 0 Å². The van der Waals surface area contributed by atoms with E-state index in [1.807, 2.05) is 0 Å². The Bertz CT molecular complexity index is 395. The molecule has 0 aromatic rings. The topological polar surface area (TPSA) is 299 Å². The molecule has 0 unspecified atom stereocenters. The van der Waals surface area contributed by atoms with Crippen LogP contribution in [-0.2, 0) is 19.2 Å². The zero-order valence-electron chi connectivity index (χ0n) is 14.5. The molecule has 0 spiro atoms. The van der Waals surface area contributed by atoms with Gasteiger partial charge in [-0.2, -0.15) is 0 Å². The molecule has 0 saturated heterocycles. The predicted octanol–water partition coefficient (Wildman–Crippen LogP) is -8.16. The van der Waals surface area contributed by atoms with Gasteiger partial charge in [0.2, 0.25) is 0 Å². The molecular weight excluding hydrogens is 363 g/mol. The third-order valence-corrected chi connectivity index (χ3v) is 2.33. The summed E-state index contributed by atoms with van der Waals surface area (Å²) < 4.78 is 0. The van der Waals surface area contributed by atoms with Crippen LogP contribution < -0.4 is 40.2 Å². The fourth-order valence-electron chi connectivity index (χ4n) is 1.63. The van der Waals surface area contributed by atoms with Gasteiger partial charge in [0.05, 0.1) is 31.5 Å². The van der Waals surface area contributed by atoms with Gasteiger partial charge in [0.1, 0.15) is 0 Å². The Morgan fingerprint density at radius 3 is 1.36 bits per heavy atom. The van der Waals surface area contributed by atoms with E-state index in [4.69, 9.17) is 20.4 Å². The minimum absolute atomic E-state index is 0. The molecule has 0 amide bonds. The number of rotatable bonds is 11. The molecule has 0 radical (unpaired) electrons. The molecule has 0 fully saturated rings. The summed E-state index contributed by atoms with van der Waals surface area (Å²) in [5.41, 5.74) is -1.59. The predicted molar refractivity (Wildman–Crippen MR) is 78.9 cm³/mol. The number of carboxylic acid groups (broad SMARTS) is 4. The van der Waals surface area contributed by atoms with E-state index in [1.165, 1.54) is 0 Å².